The molecule has 21 heteroatoms. The molecule has 0 aromatic heterocycles. The van der Waals surface area contributed by atoms with Gasteiger partial charge in [-0.1, -0.05) is 25.0 Å². The normalized spacial score (nSPS) is 33.4. The zero-order valence-corrected chi connectivity index (χ0v) is 33.6. The van der Waals surface area contributed by atoms with E-state index in [-0.39, 0.29) is 57.7 Å². The van der Waals surface area contributed by atoms with Crippen LogP contribution in [0.5, 0.6) is 0 Å². The molecule has 332 valence electrons. The summed E-state index contributed by atoms with van der Waals surface area (Å²) >= 11 is 0. The van der Waals surface area contributed by atoms with Gasteiger partial charge in [0.25, 0.3) is 0 Å². The number of carbonyl (C=O) groups excluding carboxylic acids is 5. The highest BCUT2D eigenvalue weighted by Gasteiger charge is 2.80. The van der Waals surface area contributed by atoms with Crippen LogP contribution in [-0.4, -0.2) is 135 Å². The monoisotopic (exact) mass is 845 g/mol. The molecule has 9 atom stereocenters. The summed E-state index contributed by atoms with van der Waals surface area (Å²) in [7, 11) is 0. The third-order valence-electron chi connectivity index (χ3n) is 12.6. The largest absolute Gasteiger partial charge is 0.508 e. The lowest BCUT2D eigenvalue weighted by Gasteiger charge is -2.62. The zero-order valence-electron chi connectivity index (χ0n) is 33.6. The summed E-state index contributed by atoms with van der Waals surface area (Å²) in [6.07, 6.45) is 2.81. The van der Waals surface area contributed by atoms with Gasteiger partial charge in [-0.25, -0.2) is 14.0 Å². The number of hydrogen-bond donors (Lipinski definition) is 6. The fraction of sp³-hybridized carbons (Fsp3) is 0.763. The zero-order chi connectivity index (χ0) is 43.4. The number of nitrogens with zero attached hydrogens (tertiary/aromatic N) is 2. The highest BCUT2D eigenvalue weighted by molar-refractivity contribution is 6.01. The maximum atomic E-state index is 17.7. The molecule has 0 aromatic carbocycles. The summed E-state index contributed by atoms with van der Waals surface area (Å²) in [6.45, 7) is 4.80. The summed E-state index contributed by atoms with van der Waals surface area (Å²) in [4.78, 5) is 74.2. The topological polar surface area (TPSA) is 270 Å². The number of Topliss-reactive ketones (excluding diaryl/α,β-unsaturated/α-hetero) is 1. The number of nitrogens with one attached hydrogen (secondary N) is 1. The van der Waals surface area contributed by atoms with E-state index in [1.165, 1.54) is 18.2 Å². The van der Waals surface area contributed by atoms with Crippen LogP contribution in [0.25, 0.3) is 0 Å². The van der Waals surface area contributed by atoms with Gasteiger partial charge < -0.3 is 34.1 Å². The highest BCUT2D eigenvalue weighted by atomic mass is 19.1. The van der Waals surface area contributed by atoms with Crippen LogP contribution in [-0.2, 0) is 52.5 Å². The molecular formula is C38H56FN3O17. The van der Waals surface area contributed by atoms with E-state index in [1.54, 1.807) is 27.7 Å². The number of hydrogen-bond acceptors (Lipinski definition) is 19. The number of allylic oxidation sites excluding steroid dienone is 4. The second-order valence-electron chi connectivity index (χ2n) is 16.6. The molecule has 4 aliphatic carbocycles. The Hall–Kier alpha value is -3.48. The van der Waals surface area contributed by atoms with Crippen LogP contribution in [0.1, 0.15) is 91.9 Å². The van der Waals surface area contributed by atoms with Crippen LogP contribution in [0.2, 0.25) is 0 Å². The van der Waals surface area contributed by atoms with Gasteiger partial charge in [-0.3, -0.25) is 44.9 Å². The molecule has 1 amide bonds. The number of fused-ring (bicyclic) bond motifs is 7. The van der Waals surface area contributed by atoms with Crippen molar-refractivity contribution in [3.8, 4) is 0 Å². The summed E-state index contributed by atoms with van der Waals surface area (Å²) in [6, 6.07) is -1.49. The second kappa shape index (κ2) is 18.6. The van der Waals surface area contributed by atoms with Gasteiger partial charge in [0.2, 0.25) is 11.7 Å². The van der Waals surface area contributed by atoms with Crippen LogP contribution in [0.15, 0.2) is 23.8 Å². The Morgan fingerprint density at radius 2 is 1.59 bits per heavy atom. The molecule has 4 unspecified atom stereocenters. The summed E-state index contributed by atoms with van der Waals surface area (Å²) in [5, 5.41) is 47.8. The first-order valence-corrected chi connectivity index (χ1v) is 19.8. The number of aliphatic hydroxyl groups excluding tert-OH is 1. The fourth-order valence-electron chi connectivity index (χ4n) is 10.0. The second-order valence-corrected chi connectivity index (χ2v) is 16.6. The molecule has 0 aromatic rings. The first-order valence-electron chi connectivity index (χ1n) is 19.8. The Kier molecular flexibility index (Phi) is 14.7. The third kappa shape index (κ3) is 9.55. The van der Waals surface area contributed by atoms with E-state index in [1.807, 2.05) is 0 Å². The number of carbonyl (C=O) groups is 5. The lowest BCUT2D eigenvalue weighted by atomic mass is 9.44. The minimum absolute atomic E-state index is 0.0268. The van der Waals surface area contributed by atoms with E-state index >= 15 is 4.39 Å². The average molecular weight is 846 g/mol. The maximum absolute atomic E-state index is 17.7. The van der Waals surface area contributed by atoms with E-state index in [0.29, 0.717) is 37.7 Å². The quantitative estimate of drug-likeness (QED) is 0.0584. The predicted octanol–water partition coefficient (Wildman–Crippen LogP) is 2.97. The molecule has 5 rings (SSSR count). The lowest BCUT2D eigenvalue weighted by Crippen LogP contribution is -2.70. The van der Waals surface area contributed by atoms with Crippen molar-refractivity contribution in [1.29, 1.82) is 0 Å². The van der Waals surface area contributed by atoms with Gasteiger partial charge in [-0.15, -0.1) is 0 Å². The Balaban J connectivity index is 1.23. The van der Waals surface area contributed by atoms with Crippen molar-refractivity contribution < 1.29 is 87.7 Å². The smallest absolute Gasteiger partial charge is 0.464 e. The fourth-order valence-corrected chi connectivity index (χ4v) is 10.0. The number of rotatable bonds is 20. The molecule has 3 saturated carbocycles. The van der Waals surface area contributed by atoms with Gasteiger partial charge in [-0.05, 0) is 90.2 Å². The van der Waals surface area contributed by atoms with Crippen LogP contribution >= 0.6 is 0 Å². The van der Waals surface area contributed by atoms with Crippen LogP contribution < -0.4 is 5.32 Å². The van der Waals surface area contributed by atoms with Gasteiger partial charge in [0.05, 0.1) is 42.8 Å². The summed E-state index contributed by atoms with van der Waals surface area (Å²) in [5.41, 5.74) is -5.77. The van der Waals surface area contributed by atoms with E-state index in [2.05, 4.69) is 15.0 Å². The minimum Gasteiger partial charge on any atom is -0.464 e. The number of ketones is 2. The number of aliphatic hydroxyl groups is 1. The first kappa shape index (κ1) is 46.6. The van der Waals surface area contributed by atoms with Crippen LogP contribution in [0, 0.1) is 22.7 Å². The molecular weight excluding hydrogens is 789 g/mol. The van der Waals surface area contributed by atoms with Gasteiger partial charge in [-0.2, -0.15) is 0 Å². The van der Waals surface area contributed by atoms with E-state index < -0.39 is 106 Å². The molecule has 1 aliphatic heterocycles. The average Bonchev–Trinajstić information content (AvgIpc) is 3.57. The minimum atomic E-state index is -2.17. The van der Waals surface area contributed by atoms with Gasteiger partial charge in [0, 0.05) is 23.2 Å². The highest BCUT2D eigenvalue weighted by Crippen LogP contribution is 2.72. The van der Waals surface area contributed by atoms with Gasteiger partial charge in [0.1, 0.15) is 6.61 Å². The molecule has 0 radical (unpaired) electrons. The number of amides is 1. The number of ether oxygens (including phenoxy) is 5. The Morgan fingerprint density at radius 1 is 0.932 bits per heavy atom. The molecule has 1 heterocycles. The third-order valence-corrected chi connectivity index (χ3v) is 12.6. The Bertz CT molecular complexity index is 1640. The Labute approximate surface area is 339 Å². The van der Waals surface area contributed by atoms with Crippen molar-refractivity contribution in [2.24, 2.45) is 22.7 Å². The van der Waals surface area contributed by atoms with Crippen LogP contribution in [0.4, 0.5) is 9.18 Å². The lowest BCUT2D eigenvalue weighted by molar-refractivity contribution is -0.492. The van der Waals surface area contributed by atoms with Gasteiger partial charge >= 0.3 is 12.1 Å². The molecule has 4 fully saturated rings. The van der Waals surface area contributed by atoms with E-state index in [9.17, 15) is 29.1 Å². The van der Waals surface area contributed by atoms with E-state index in [4.69, 9.17) is 44.5 Å². The number of esters is 1. The molecule has 1 saturated heterocycles. The molecule has 59 heavy (non-hydrogen) atoms. The summed E-state index contributed by atoms with van der Waals surface area (Å²) < 4.78 is 46.1. The van der Waals surface area contributed by atoms with Crippen molar-refractivity contribution in [3.05, 3.63) is 23.8 Å². The standard InChI is InChI=1S/C38H56FN3O17/c1-34(2)58-30-19-26-25-12-11-23-18-24(43)13-14-35(23,3)37(25,39)28(44)20-36(26,4)38(30,59-34)29(45)22-55-33(48)54-21-27(32(47)53-15-8-9-17-57-42(51)52)40-31(46)10-6-5-7-16-56-41(49)50/h13-14,18,25-28,30,44,49-52H,5-12,15-17,19-22H2,1-4H3,(H,40,46)/t25?,26?,27?,28-,30+,35?,36-,37-,38+/m0/s1. The Morgan fingerprint density at radius 3 is 2.27 bits per heavy atom. The number of alkyl halides is 1. The van der Waals surface area contributed by atoms with Crippen LogP contribution in [0.3, 0.4) is 0 Å². The number of unbranched alkanes of at least 4 members (excludes halogenated alkanes) is 3. The molecule has 0 spiro atoms. The predicted molar refractivity (Wildman–Crippen MR) is 192 cm³/mol. The SMILES string of the molecule is CC1(C)O[C@@H]2CC3C4CCC5=CC(=O)C=CC5(C)[C@@]4(F)[C@@H](O)C[C@]3(C)[C@]2(C(=O)COC(=O)OCC(NC(=O)CCCCCON(O)O)C(=O)OCCCCON(O)O)O1. The van der Waals surface area contributed by atoms with Crippen molar-refractivity contribution in [3.63, 3.8) is 0 Å². The van der Waals surface area contributed by atoms with E-state index in [0.717, 1.165) is 0 Å². The molecule has 0 bridgehead atoms. The van der Waals surface area contributed by atoms with Crippen molar-refractivity contribution in [2.45, 2.75) is 127 Å². The number of halogens is 1. The molecule has 5 aliphatic rings. The summed E-state index contributed by atoms with van der Waals surface area (Å²) in [5.74, 6) is -5.03. The first-order chi connectivity index (χ1) is 27.7. The van der Waals surface area contributed by atoms with Crippen molar-refractivity contribution >= 4 is 29.6 Å². The van der Waals surface area contributed by atoms with Crippen molar-refractivity contribution in [1.82, 2.24) is 16.1 Å². The van der Waals surface area contributed by atoms with Crippen molar-refractivity contribution in [2.75, 3.05) is 33.0 Å². The maximum Gasteiger partial charge on any atom is 0.508 e. The molecule has 6 N–H and O–H groups in total. The van der Waals surface area contributed by atoms with Gasteiger partial charge in [0.15, 0.2) is 35.5 Å². The molecule has 20 nitrogen and oxygen atoms in total.